The molecule has 2 aliphatic rings. The summed E-state index contributed by atoms with van der Waals surface area (Å²) in [4.78, 5) is 7.56. The Morgan fingerprint density at radius 1 is 0.556 bits per heavy atom. The monoisotopic (exact) mass is 825 g/mol. The smallest absolute Gasteiger partial charge is 0.145 e. The van der Waals surface area contributed by atoms with Crippen molar-refractivity contribution in [3.63, 3.8) is 0 Å². The van der Waals surface area contributed by atoms with Gasteiger partial charge in [0.05, 0.1) is 22.1 Å². The molecule has 3 unspecified atom stereocenters. The Morgan fingerprint density at radius 3 is 1.98 bits per heavy atom. The Morgan fingerprint density at radius 2 is 1.19 bits per heavy atom. The standard InChI is InChI=1S/C59H43N3S/c1-40-16-8-11-23-51(40)59(44-17-4-2-5-18-44)52-24-12-9-21-48(52)49-37-32-43(38-53(49)59)41-28-33-46(34-29-41)61(56-39-63-57-27-15-10-22-50(56)57)47-35-30-42(31-36-47)58-60-54-25-13-14-26-55(54)62(58)45-19-6-3-7-20-45/h2-40,51H,1H3. The summed E-state index contributed by atoms with van der Waals surface area (Å²) in [6.45, 7) is 2.37. The van der Waals surface area contributed by atoms with E-state index in [-0.39, 0.29) is 11.3 Å². The summed E-state index contributed by atoms with van der Waals surface area (Å²) in [7, 11) is 0. The number of hydrogen-bond donors (Lipinski definition) is 0. The van der Waals surface area contributed by atoms with Crippen LogP contribution in [0.1, 0.15) is 23.6 Å². The molecule has 3 nitrogen and oxygen atoms in total. The maximum absolute atomic E-state index is 5.16. The molecule has 0 saturated heterocycles. The van der Waals surface area contributed by atoms with Crippen LogP contribution in [0.5, 0.6) is 0 Å². The summed E-state index contributed by atoms with van der Waals surface area (Å²) in [6.07, 6.45) is 9.27. The van der Waals surface area contributed by atoms with Gasteiger partial charge in [0.15, 0.2) is 0 Å². The Balaban J connectivity index is 0.963. The first-order valence-corrected chi connectivity index (χ1v) is 22.7. The van der Waals surface area contributed by atoms with Gasteiger partial charge in [-0.25, -0.2) is 4.98 Å². The van der Waals surface area contributed by atoms with Crippen molar-refractivity contribution in [1.29, 1.82) is 0 Å². The zero-order valence-corrected chi connectivity index (χ0v) is 35.7. The fraction of sp³-hybridized carbons (Fsp3) is 0.0678. The Bertz CT molecular complexity index is 3360. The lowest BCUT2D eigenvalue weighted by atomic mass is 9.59. The van der Waals surface area contributed by atoms with Gasteiger partial charge in [-0.3, -0.25) is 4.57 Å². The van der Waals surface area contributed by atoms with Crippen molar-refractivity contribution in [1.82, 2.24) is 9.55 Å². The van der Waals surface area contributed by atoms with Crippen molar-refractivity contribution in [2.75, 3.05) is 4.90 Å². The lowest BCUT2D eigenvalue weighted by Crippen LogP contribution is -2.38. The van der Waals surface area contributed by atoms with Gasteiger partial charge in [-0.2, -0.15) is 0 Å². The molecule has 2 aromatic heterocycles. The van der Waals surface area contributed by atoms with E-state index in [9.17, 15) is 0 Å². The number of rotatable bonds is 8. The number of imidazole rings is 1. The van der Waals surface area contributed by atoms with Crippen molar-refractivity contribution in [3.8, 4) is 39.3 Å². The van der Waals surface area contributed by atoms with Crippen LogP contribution in [-0.2, 0) is 5.41 Å². The number of nitrogens with zero attached hydrogens (tertiary/aromatic N) is 3. The van der Waals surface area contributed by atoms with Gasteiger partial charge in [0.25, 0.3) is 0 Å². The maximum Gasteiger partial charge on any atom is 0.145 e. The SMILES string of the molecule is CC1C=CC=CC1C1(c2ccccc2)c2ccccc2-c2ccc(-c3ccc(N(c4ccc(-c5nc6ccccc6n5-c5ccccc5)cc4)c4csc5ccccc45)cc3)cc21. The summed E-state index contributed by atoms with van der Waals surface area (Å²) in [5.41, 5.74) is 16.4. The summed E-state index contributed by atoms with van der Waals surface area (Å²) in [6, 6.07) is 73.1. The van der Waals surface area contributed by atoms with Crippen molar-refractivity contribution >= 4 is 49.5 Å². The molecule has 8 aromatic carbocycles. The van der Waals surface area contributed by atoms with Crippen molar-refractivity contribution < 1.29 is 0 Å². The van der Waals surface area contributed by atoms with Crippen molar-refractivity contribution in [2.24, 2.45) is 11.8 Å². The minimum absolute atomic E-state index is 0.253. The minimum atomic E-state index is -0.336. The van der Waals surface area contributed by atoms with Crippen LogP contribution in [0.2, 0.25) is 0 Å². The third-order valence-corrected chi connectivity index (χ3v) is 14.3. The van der Waals surface area contributed by atoms with Crippen LogP contribution < -0.4 is 4.90 Å². The predicted octanol–water partition coefficient (Wildman–Crippen LogP) is 15.7. The topological polar surface area (TPSA) is 21.1 Å². The van der Waals surface area contributed by atoms with Gasteiger partial charge in [0.1, 0.15) is 5.82 Å². The second-order valence-electron chi connectivity index (χ2n) is 16.8. The average Bonchev–Trinajstić information content (AvgIpc) is 4.04. The number of hydrogen-bond acceptors (Lipinski definition) is 3. The highest BCUT2D eigenvalue weighted by atomic mass is 32.1. The van der Waals surface area contributed by atoms with Crippen LogP contribution in [-0.4, -0.2) is 9.55 Å². The van der Waals surface area contributed by atoms with Gasteiger partial charge < -0.3 is 4.90 Å². The van der Waals surface area contributed by atoms with E-state index in [0.29, 0.717) is 5.92 Å². The molecule has 0 amide bonds. The molecular weight excluding hydrogens is 783 g/mol. The van der Waals surface area contributed by atoms with E-state index in [1.165, 1.54) is 54.7 Å². The molecule has 0 bridgehead atoms. The van der Waals surface area contributed by atoms with Gasteiger partial charge in [-0.1, -0.05) is 159 Å². The molecule has 10 aromatic rings. The Kier molecular flexibility index (Phi) is 8.94. The number of fused-ring (bicyclic) bond motifs is 5. The van der Waals surface area contributed by atoms with Crippen molar-refractivity contribution in [3.05, 3.63) is 247 Å². The summed E-state index contributed by atoms with van der Waals surface area (Å²) in [5.74, 6) is 1.53. The highest BCUT2D eigenvalue weighted by Gasteiger charge is 2.50. The molecule has 0 aliphatic heterocycles. The Hall–Kier alpha value is -7.53. The molecule has 12 rings (SSSR count). The van der Waals surface area contributed by atoms with E-state index < -0.39 is 0 Å². The van der Waals surface area contributed by atoms with E-state index in [0.717, 1.165) is 39.5 Å². The molecule has 0 fully saturated rings. The predicted molar refractivity (Wildman–Crippen MR) is 265 cm³/mol. The molecular formula is C59H43N3S. The summed E-state index contributed by atoms with van der Waals surface area (Å²) >= 11 is 1.79. The average molecular weight is 826 g/mol. The second-order valence-corrected chi connectivity index (χ2v) is 17.7. The fourth-order valence-corrected chi connectivity index (χ4v) is 11.4. The normalized spacial score (nSPS) is 17.5. The molecule has 63 heavy (non-hydrogen) atoms. The van der Waals surface area contributed by atoms with E-state index in [1.54, 1.807) is 11.3 Å². The molecule has 0 spiro atoms. The number of thiophene rings is 1. The summed E-state index contributed by atoms with van der Waals surface area (Å²) < 4.78 is 3.53. The lowest BCUT2D eigenvalue weighted by molar-refractivity contribution is 0.374. The van der Waals surface area contributed by atoms with E-state index >= 15 is 0 Å². The molecule has 300 valence electrons. The molecule has 0 N–H and O–H groups in total. The Labute approximate surface area is 372 Å². The van der Waals surface area contributed by atoms with E-state index in [1.807, 2.05) is 0 Å². The van der Waals surface area contributed by atoms with Gasteiger partial charge in [0.2, 0.25) is 0 Å². The quantitative estimate of drug-likeness (QED) is 0.152. The van der Waals surface area contributed by atoms with Crippen LogP contribution in [0.3, 0.4) is 0 Å². The molecule has 2 aliphatic carbocycles. The number of benzene rings is 8. The third-order valence-electron chi connectivity index (χ3n) is 13.3. The van der Waals surface area contributed by atoms with Gasteiger partial charge >= 0.3 is 0 Å². The van der Waals surface area contributed by atoms with Crippen LogP contribution in [0, 0.1) is 11.8 Å². The fourth-order valence-electron chi connectivity index (χ4n) is 10.5. The largest absolute Gasteiger partial charge is 0.309 e. The molecule has 4 heteroatoms. The number of aromatic nitrogens is 2. The highest BCUT2D eigenvalue weighted by Crippen LogP contribution is 2.59. The number of anilines is 3. The number of para-hydroxylation sites is 3. The van der Waals surface area contributed by atoms with Crippen molar-refractivity contribution in [2.45, 2.75) is 12.3 Å². The second kappa shape index (κ2) is 15.1. The molecule has 3 atom stereocenters. The molecule has 2 heterocycles. The first-order valence-electron chi connectivity index (χ1n) is 21.8. The van der Waals surface area contributed by atoms with Crippen LogP contribution in [0.15, 0.2) is 230 Å². The van der Waals surface area contributed by atoms with Gasteiger partial charge in [0, 0.05) is 44.0 Å². The zero-order chi connectivity index (χ0) is 41.9. The first-order chi connectivity index (χ1) is 31.2. The summed E-state index contributed by atoms with van der Waals surface area (Å²) in [5, 5.41) is 3.52. The minimum Gasteiger partial charge on any atom is -0.309 e. The zero-order valence-electron chi connectivity index (χ0n) is 34.8. The van der Waals surface area contributed by atoms with E-state index in [4.69, 9.17) is 4.98 Å². The van der Waals surface area contributed by atoms with Crippen LogP contribution >= 0.6 is 11.3 Å². The first kappa shape index (κ1) is 37.2. The maximum atomic E-state index is 5.16. The highest BCUT2D eigenvalue weighted by molar-refractivity contribution is 7.17. The molecule has 0 radical (unpaired) electrons. The van der Waals surface area contributed by atoms with Gasteiger partial charge in [-0.05, 0) is 118 Å². The molecule has 0 saturated carbocycles. The van der Waals surface area contributed by atoms with Crippen LogP contribution in [0.4, 0.5) is 17.1 Å². The van der Waals surface area contributed by atoms with Gasteiger partial charge in [-0.15, -0.1) is 11.3 Å². The van der Waals surface area contributed by atoms with Crippen LogP contribution in [0.25, 0.3) is 60.4 Å². The third kappa shape index (κ3) is 5.97. The van der Waals surface area contributed by atoms with E-state index in [2.05, 4.69) is 246 Å². The lowest BCUT2D eigenvalue weighted by Gasteiger charge is -2.42. The number of allylic oxidation sites excluding steroid dienone is 4.